The SMILES string of the molecule is C=CC(=O)N1CCC(C#CC2C(C3CCC(OC4CCCCC4)CC3)C3C(N)NCNC3N2C(C)CO)C1. The molecule has 0 aromatic rings. The molecule has 0 aromatic carbocycles. The number of carbonyl (C=O) groups excluding carboxylic acids is 1. The van der Waals surface area contributed by atoms with E-state index in [0.29, 0.717) is 37.3 Å². The lowest BCUT2D eigenvalue weighted by molar-refractivity contribution is -0.125. The van der Waals surface area contributed by atoms with E-state index >= 15 is 0 Å². The number of amides is 1. The number of aliphatic hydroxyl groups is 1. The van der Waals surface area contributed by atoms with Crippen molar-refractivity contribution in [3.63, 3.8) is 0 Å². The average Bonchev–Trinajstić information content (AvgIpc) is 3.55. The van der Waals surface area contributed by atoms with Gasteiger partial charge in [0, 0.05) is 37.6 Å². The van der Waals surface area contributed by atoms with Gasteiger partial charge in [-0.25, -0.2) is 0 Å². The Hall–Kier alpha value is -1.47. The fourth-order valence-corrected chi connectivity index (χ4v) is 7.97. The Bertz CT molecular complexity index is 875. The molecule has 3 aliphatic heterocycles. The first-order chi connectivity index (χ1) is 18.5. The molecule has 0 spiro atoms. The lowest BCUT2D eigenvalue weighted by atomic mass is 9.70. The number of nitrogens with two attached hydrogens (primary N) is 1. The first-order valence-electron chi connectivity index (χ1n) is 15.2. The molecule has 2 aliphatic carbocycles. The number of hydrogen-bond donors (Lipinski definition) is 4. The van der Waals surface area contributed by atoms with E-state index in [0.717, 1.165) is 38.6 Å². The molecule has 8 nitrogen and oxygen atoms in total. The van der Waals surface area contributed by atoms with Crippen LogP contribution < -0.4 is 16.4 Å². The Morgan fingerprint density at radius 1 is 1.08 bits per heavy atom. The minimum absolute atomic E-state index is 0.0111. The Labute approximate surface area is 229 Å². The summed E-state index contributed by atoms with van der Waals surface area (Å²) in [5, 5.41) is 17.3. The first kappa shape index (κ1) is 28.1. The van der Waals surface area contributed by atoms with E-state index in [4.69, 9.17) is 10.5 Å². The zero-order valence-corrected chi connectivity index (χ0v) is 23.2. The van der Waals surface area contributed by atoms with Gasteiger partial charge < -0.3 is 20.5 Å². The van der Waals surface area contributed by atoms with Crippen molar-refractivity contribution in [1.29, 1.82) is 0 Å². The van der Waals surface area contributed by atoms with E-state index < -0.39 is 0 Å². The maximum Gasteiger partial charge on any atom is 0.245 e. The number of hydrogen-bond acceptors (Lipinski definition) is 7. The van der Waals surface area contributed by atoms with Crippen LogP contribution in [0.2, 0.25) is 0 Å². The van der Waals surface area contributed by atoms with Crippen LogP contribution in [0.25, 0.3) is 0 Å². The van der Waals surface area contributed by atoms with Crippen LogP contribution in [0.1, 0.15) is 71.1 Å². The molecule has 5 rings (SSSR count). The van der Waals surface area contributed by atoms with Gasteiger partial charge in [0.25, 0.3) is 0 Å². The minimum atomic E-state index is -0.102. The van der Waals surface area contributed by atoms with E-state index in [1.807, 2.05) is 4.90 Å². The molecule has 7 unspecified atom stereocenters. The van der Waals surface area contributed by atoms with Crippen molar-refractivity contribution in [1.82, 2.24) is 20.4 Å². The summed E-state index contributed by atoms with van der Waals surface area (Å²) < 4.78 is 6.57. The number of aliphatic hydroxyl groups excluding tert-OH is 1. The molecule has 0 aromatic heterocycles. The highest BCUT2D eigenvalue weighted by atomic mass is 16.5. The summed E-state index contributed by atoms with van der Waals surface area (Å²) in [6.07, 6.45) is 14.1. The largest absolute Gasteiger partial charge is 0.395 e. The number of likely N-dealkylation sites (tertiary alicyclic amines) is 2. The van der Waals surface area contributed by atoms with Crippen molar-refractivity contribution in [3.8, 4) is 11.8 Å². The molecule has 5 aliphatic rings. The molecule has 0 bridgehead atoms. The van der Waals surface area contributed by atoms with Gasteiger partial charge in [0.05, 0.1) is 37.2 Å². The van der Waals surface area contributed by atoms with E-state index in [1.54, 1.807) is 0 Å². The van der Waals surface area contributed by atoms with Crippen LogP contribution in [-0.4, -0.2) is 83.8 Å². The van der Waals surface area contributed by atoms with Crippen LogP contribution in [0.4, 0.5) is 0 Å². The number of rotatable bonds is 6. The van der Waals surface area contributed by atoms with E-state index in [1.165, 1.54) is 38.2 Å². The van der Waals surface area contributed by atoms with Crippen LogP contribution >= 0.6 is 0 Å². The highest BCUT2D eigenvalue weighted by Crippen LogP contribution is 2.47. The summed E-state index contributed by atoms with van der Waals surface area (Å²) in [5.74, 6) is 8.53. The second kappa shape index (κ2) is 12.8. The second-order valence-corrected chi connectivity index (χ2v) is 12.3. The molecule has 7 atom stereocenters. The molecule has 3 heterocycles. The topological polar surface area (TPSA) is 103 Å². The van der Waals surface area contributed by atoms with Crippen molar-refractivity contribution >= 4 is 5.91 Å². The third-order valence-corrected chi connectivity index (χ3v) is 9.96. The molecule has 8 heteroatoms. The van der Waals surface area contributed by atoms with Crippen LogP contribution in [0.15, 0.2) is 12.7 Å². The van der Waals surface area contributed by atoms with Crippen LogP contribution in [0.3, 0.4) is 0 Å². The Balaban J connectivity index is 1.34. The predicted octanol–water partition coefficient (Wildman–Crippen LogP) is 1.99. The second-order valence-electron chi connectivity index (χ2n) is 12.3. The van der Waals surface area contributed by atoms with Gasteiger partial charge in [-0.3, -0.25) is 20.3 Å². The number of nitrogens with zero attached hydrogens (tertiary/aromatic N) is 2. The van der Waals surface area contributed by atoms with Crippen molar-refractivity contribution in [2.24, 2.45) is 29.4 Å². The van der Waals surface area contributed by atoms with Crippen molar-refractivity contribution in [3.05, 3.63) is 12.7 Å². The molecular weight excluding hydrogens is 478 g/mol. The lowest BCUT2D eigenvalue weighted by Gasteiger charge is -2.41. The monoisotopic (exact) mass is 527 g/mol. The molecule has 5 fully saturated rings. The quantitative estimate of drug-likeness (QED) is 0.309. The molecular formula is C30H49N5O3. The summed E-state index contributed by atoms with van der Waals surface area (Å²) in [7, 11) is 0. The van der Waals surface area contributed by atoms with E-state index in [2.05, 4.69) is 40.9 Å². The first-order valence-corrected chi connectivity index (χ1v) is 15.2. The normalized spacial score (nSPS) is 39.3. The summed E-state index contributed by atoms with van der Waals surface area (Å²) in [5.41, 5.74) is 6.75. The van der Waals surface area contributed by atoms with Crippen molar-refractivity contribution in [2.45, 2.75) is 108 Å². The third-order valence-electron chi connectivity index (χ3n) is 9.96. The smallest absolute Gasteiger partial charge is 0.245 e. The van der Waals surface area contributed by atoms with Crippen molar-refractivity contribution < 1.29 is 14.6 Å². The fraction of sp³-hybridized carbons (Fsp3) is 0.833. The van der Waals surface area contributed by atoms with Gasteiger partial charge in [0.15, 0.2) is 0 Å². The number of nitrogens with one attached hydrogen (secondary N) is 2. The maximum absolute atomic E-state index is 12.1. The van der Waals surface area contributed by atoms with Gasteiger partial charge in [0.1, 0.15) is 0 Å². The molecule has 0 radical (unpaired) electrons. The highest BCUT2D eigenvalue weighted by molar-refractivity contribution is 5.87. The maximum atomic E-state index is 12.1. The Kier molecular flexibility index (Phi) is 9.46. The van der Waals surface area contributed by atoms with Gasteiger partial charge >= 0.3 is 0 Å². The zero-order valence-electron chi connectivity index (χ0n) is 23.2. The van der Waals surface area contributed by atoms with Gasteiger partial charge in [0.2, 0.25) is 5.91 Å². The number of fused-ring (bicyclic) bond motifs is 1. The predicted molar refractivity (Wildman–Crippen MR) is 148 cm³/mol. The number of ether oxygens (including phenoxy) is 1. The summed E-state index contributed by atoms with van der Waals surface area (Å²) in [4.78, 5) is 16.4. The third kappa shape index (κ3) is 5.99. The Morgan fingerprint density at radius 3 is 2.53 bits per heavy atom. The zero-order chi connectivity index (χ0) is 26.6. The minimum Gasteiger partial charge on any atom is -0.395 e. The molecule has 1 amide bonds. The molecule has 3 saturated heterocycles. The van der Waals surface area contributed by atoms with Crippen LogP contribution in [0.5, 0.6) is 0 Å². The van der Waals surface area contributed by atoms with Gasteiger partial charge in [-0.05, 0) is 69.8 Å². The summed E-state index contributed by atoms with van der Waals surface area (Å²) in [6.45, 7) is 7.88. The van der Waals surface area contributed by atoms with Crippen LogP contribution in [0, 0.1) is 35.5 Å². The van der Waals surface area contributed by atoms with E-state index in [-0.39, 0.29) is 48.8 Å². The van der Waals surface area contributed by atoms with Crippen molar-refractivity contribution in [2.75, 3.05) is 26.4 Å². The summed E-state index contributed by atoms with van der Waals surface area (Å²) >= 11 is 0. The lowest BCUT2D eigenvalue weighted by Crippen LogP contribution is -2.64. The Morgan fingerprint density at radius 2 is 1.82 bits per heavy atom. The van der Waals surface area contributed by atoms with Crippen LogP contribution in [-0.2, 0) is 9.53 Å². The highest BCUT2D eigenvalue weighted by Gasteiger charge is 2.55. The molecule has 212 valence electrons. The average molecular weight is 528 g/mol. The van der Waals surface area contributed by atoms with Gasteiger partial charge in [-0.1, -0.05) is 37.7 Å². The van der Waals surface area contributed by atoms with Gasteiger partial charge in [-0.2, -0.15) is 0 Å². The standard InChI is InChI=1S/C30H49N5O3/c1-3-26(37)34-16-15-21(17-34)9-14-25-27(28-29(31)32-19-33-30(28)35(25)20(2)18-36)22-10-12-24(13-11-22)38-23-7-5-4-6-8-23/h3,20-25,27-30,32-33,36H,1,4-8,10-13,15-19,31H2,2H3. The molecule has 5 N–H and O–H groups in total. The molecule has 2 saturated carbocycles. The fourth-order valence-electron chi connectivity index (χ4n) is 7.97. The van der Waals surface area contributed by atoms with E-state index in [9.17, 15) is 9.90 Å². The molecule has 38 heavy (non-hydrogen) atoms. The number of carbonyl (C=O) groups is 1. The van der Waals surface area contributed by atoms with Gasteiger partial charge in [-0.15, -0.1) is 0 Å². The summed E-state index contributed by atoms with van der Waals surface area (Å²) in [6, 6.07) is 0.00793.